The first-order valence-electron chi connectivity index (χ1n) is 2.43. The van der Waals surface area contributed by atoms with Crippen LogP contribution >= 0.6 is 0 Å². The molecule has 0 saturated heterocycles. The maximum atomic E-state index is 4.89. The van der Waals surface area contributed by atoms with Gasteiger partial charge in [-0.15, -0.1) is 5.73 Å². The minimum atomic E-state index is 0. The predicted octanol–water partition coefficient (Wildman–Crippen LogP) is -1.55. The van der Waals surface area contributed by atoms with E-state index in [2.05, 4.69) is 5.73 Å². The largest absolute Gasteiger partial charge is 1.00 e. The molecule has 0 aromatic heterocycles. The van der Waals surface area contributed by atoms with E-state index in [0.717, 1.165) is 5.76 Å². The zero-order valence-electron chi connectivity index (χ0n) is 5.80. The Labute approximate surface area is 84.4 Å². The van der Waals surface area contributed by atoms with Crippen molar-refractivity contribution in [3.05, 3.63) is 36.1 Å². The molecule has 0 fully saturated rings. The van der Waals surface area contributed by atoms with Crippen LogP contribution in [0, 0.1) is 6.42 Å². The maximum Gasteiger partial charge on any atom is 0.105 e. The fraction of sp³-hybridized carbons (Fsp3) is 0.143. The van der Waals surface area contributed by atoms with Gasteiger partial charge in [0.1, 0.15) is 5.76 Å². The molecule has 10 heavy (non-hydrogen) atoms. The fourth-order valence-corrected chi connectivity index (χ4v) is 0.508. The molecule has 1 aliphatic rings. The molecule has 1 nitrogen and oxygen atoms in total. The smallest absolute Gasteiger partial charge is 0.105 e. The number of halogens is 1. The van der Waals surface area contributed by atoms with Crippen molar-refractivity contribution in [2.24, 2.45) is 0 Å². The summed E-state index contributed by atoms with van der Waals surface area (Å²) in [4.78, 5) is 0. The quantitative estimate of drug-likeness (QED) is 0.405. The molecule has 0 aliphatic heterocycles. The Morgan fingerprint density at radius 1 is 1.40 bits per heavy atom. The third-order valence-corrected chi connectivity index (χ3v) is 0.923. The van der Waals surface area contributed by atoms with Crippen molar-refractivity contribution >= 4 is 0 Å². The number of methoxy groups -OCH3 is 1. The normalized spacial score (nSPS) is 12.7. The molecule has 0 saturated carbocycles. The van der Waals surface area contributed by atoms with Crippen LogP contribution in [0.15, 0.2) is 29.7 Å². The van der Waals surface area contributed by atoms with E-state index >= 15 is 0 Å². The van der Waals surface area contributed by atoms with Gasteiger partial charge in [0.15, 0.2) is 0 Å². The van der Waals surface area contributed by atoms with Crippen molar-refractivity contribution in [2.45, 2.75) is 0 Å². The average Bonchev–Trinajstić information content (AvgIpc) is 1.90. The Balaban J connectivity index is 0. The Kier molecular flexibility index (Phi) is 9.31. The van der Waals surface area contributed by atoms with Gasteiger partial charge < -0.3 is 21.7 Å². The molecule has 0 bridgehead atoms. The van der Waals surface area contributed by atoms with Gasteiger partial charge in [0.05, 0.1) is 13.5 Å². The monoisotopic (exact) mass is 250 g/mol. The molecule has 0 atom stereocenters. The van der Waals surface area contributed by atoms with Gasteiger partial charge >= 0.3 is 0 Å². The summed E-state index contributed by atoms with van der Waals surface area (Å²) in [6, 6.07) is 0. The van der Waals surface area contributed by atoms with Gasteiger partial charge in [-0.05, 0) is 18.2 Å². The second kappa shape index (κ2) is 7.27. The van der Waals surface area contributed by atoms with Gasteiger partial charge in [-0.3, -0.25) is 0 Å². The SMILES string of the molecule is COC1=CC=C=C[CH]1.[Br-].[Zn]. The van der Waals surface area contributed by atoms with Crippen LogP contribution in [0.3, 0.4) is 0 Å². The van der Waals surface area contributed by atoms with Crippen molar-refractivity contribution in [3.63, 3.8) is 0 Å². The van der Waals surface area contributed by atoms with Crippen molar-refractivity contribution in [3.8, 4) is 0 Å². The van der Waals surface area contributed by atoms with E-state index in [-0.39, 0.29) is 36.5 Å². The van der Waals surface area contributed by atoms with E-state index in [1.807, 2.05) is 24.6 Å². The van der Waals surface area contributed by atoms with Gasteiger partial charge in [-0.25, -0.2) is 0 Å². The summed E-state index contributed by atoms with van der Waals surface area (Å²) < 4.78 is 4.89. The van der Waals surface area contributed by atoms with Crippen LogP contribution in [0.5, 0.6) is 0 Å². The Morgan fingerprint density at radius 3 is 2.40 bits per heavy atom. The summed E-state index contributed by atoms with van der Waals surface area (Å²) in [7, 11) is 1.65. The summed E-state index contributed by atoms with van der Waals surface area (Å²) >= 11 is 0. The van der Waals surface area contributed by atoms with Crippen molar-refractivity contribution < 1.29 is 41.2 Å². The van der Waals surface area contributed by atoms with E-state index in [4.69, 9.17) is 4.74 Å². The number of rotatable bonds is 1. The van der Waals surface area contributed by atoms with Crippen LogP contribution in [0.4, 0.5) is 0 Å². The van der Waals surface area contributed by atoms with Gasteiger partial charge in [-0.2, -0.15) is 0 Å². The molecule has 51 valence electrons. The van der Waals surface area contributed by atoms with E-state index in [9.17, 15) is 0 Å². The number of ether oxygens (including phenoxy) is 1. The predicted molar refractivity (Wildman–Crippen MR) is 32.0 cm³/mol. The molecule has 0 spiro atoms. The van der Waals surface area contributed by atoms with E-state index < -0.39 is 0 Å². The number of allylic oxidation sites excluding steroid dienone is 2. The Hall–Kier alpha value is 0.163. The van der Waals surface area contributed by atoms with Crippen LogP contribution in [0.25, 0.3) is 0 Å². The minimum absolute atomic E-state index is 0. The average molecular weight is 252 g/mol. The Bertz CT molecular complexity index is 168. The molecule has 0 aromatic rings. The van der Waals surface area contributed by atoms with E-state index in [0.29, 0.717) is 0 Å². The molecule has 3 heteroatoms. The molecular weight excluding hydrogens is 245 g/mol. The zero-order chi connectivity index (χ0) is 5.82. The van der Waals surface area contributed by atoms with E-state index in [1.54, 1.807) is 7.11 Å². The first-order chi connectivity index (χ1) is 3.93. The van der Waals surface area contributed by atoms with Crippen LogP contribution in [-0.2, 0) is 24.2 Å². The van der Waals surface area contributed by atoms with Gasteiger partial charge in [0.25, 0.3) is 0 Å². The zero-order valence-corrected chi connectivity index (χ0v) is 10.4. The third-order valence-electron chi connectivity index (χ3n) is 0.923. The molecule has 0 amide bonds. The summed E-state index contributed by atoms with van der Waals surface area (Å²) in [6.45, 7) is 0. The third kappa shape index (κ3) is 4.06. The number of hydrogen-bond acceptors (Lipinski definition) is 1. The first kappa shape index (κ1) is 12.8. The van der Waals surface area contributed by atoms with Crippen molar-refractivity contribution in [2.75, 3.05) is 7.11 Å². The molecule has 1 rings (SSSR count). The van der Waals surface area contributed by atoms with Crippen LogP contribution < -0.4 is 17.0 Å². The maximum absolute atomic E-state index is 4.89. The molecule has 1 radical (unpaired) electrons. The van der Waals surface area contributed by atoms with Crippen LogP contribution in [-0.4, -0.2) is 7.11 Å². The second-order valence-corrected chi connectivity index (χ2v) is 1.44. The standard InChI is InChI=1S/C7H7O.BrH.Zn/c1-8-7-5-3-2-4-6-7;;/h3-6H,1H3;1H;/p-1. The topological polar surface area (TPSA) is 9.23 Å². The summed E-state index contributed by atoms with van der Waals surface area (Å²) in [5.74, 6) is 0.878. The summed E-state index contributed by atoms with van der Waals surface area (Å²) in [5.41, 5.74) is 2.89. The van der Waals surface area contributed by atoms with Crippen molar-refractivity contribution in [1.82, 2.24) is 0 Å². The fourth-order valence-electron chi connectivity index (χ4n) is 0.508. The summed E-state index contributed by atoms with van der Waals surface area (Å²) in [6.07, 6.45) is 7.36. The molecule has 0 heterocycles. The van der Waals surface area contributed by atoms with Crippen LogP contribution in [0.1, 0.15) is 0 Å². The second-order valence-electron chi connectivity index (χ2n) is 1.44. The molecule has 0 N–H and O–H groups in total. The molecule has 0 aromatic carbocycles. The van der Waals surface area contributed by atoms with Crippen LogP contribution in [0.2, 0.25) is 0 Å². The van der Waals surface area contributed by atoms with E-state index in [1.165, 1.54) is 0 Å². The first-order valence-corrected chi connectivity index (χ1v) is 2.43. The van der Waals surface area contributed by atoms with Gasteiger partial charge in [-0.1, -0.05) is 0 Å². The summed E-state index contributed by atoms with van der Waals surface area (Å²) in [5, 5.41) is 0. The molecule has 1 aliphatic carbocycles. The molecular formula is C7H7BrOZn-. The molecule has 0 unspecified atom stereocenters. The Morgan fingerprint density at radius 2 is 2.10 bits per heavy atom. The number of hydrogen-bond donors (Lipinski definition) is 0. The minimum Gasteiger partial charge on any atom is -1.00 e. The van der Waals surface area contributed by atoms with Gasteiger partial charge in [0.2, 0.25) is 0 Å². The van der Waals surface area contributed by atoms with Gasteiger partial charge in [0, 0.05) is 19.5 Å². The van der Waals surface area contributed by atoms with Crippen molar-refractivity contribution in [1.29, 1.82) is 0 Å².